The standard InChI is InChI=1S/C15H25NO3/c1-15(2,3)13-9-11(5-6-14(13)19-4)16-12(10-18)7-8-17/h5-6,9,12,16-18H,7-8,10H2,1-4H3. The molecule has 0 heterocycles. The molecule has 1 aromatic carbocycles. The number of hydrogen-bond acceptors (Lipinski definition) is 4. The molecule has 19 heavy (non-hydrogen) atoms. The number of benzene rings is 1. The maximum absolute atomic E-state index is 9.25. The fourth-order valence-corrected chi connectivity index (χ4v) is 1.98. The largest absolute Gasteiger partial charge is 0.496 e. The zero-order chi connectivity index (χ0) is 14.5. The summed E-state index contributed by atoms with van der Waals surface area (Å²) in [6, 6.07) is 5.76. The molecule has 0 aliphatic heterocycles. The number of rotatable bonds is 6. The molecule has 0 radical (unpaired) electrons. The third kappa shape index (κ3) is 4.40. The van der Waals surface area contributed by atoms with Crippen molar-refractivity contribution in [3.63, 3.8) is 0 Å². The number of nitrogens with one attached hydrogen (secondary N) is 1. The molecule has 0 saturated carbocycles. The van der Waals surface area contributed by atoms with E-state index in [9.17, 15) is 5.11 Å². The number of methoxy groups -OCH3 is 1. The first-order chi connectivity index (χ1) is 8.92. The van der Waals surface area contributed by atoms with Crippen molar-refractivity contribution >= 4 is 5.69 Å². The van der Waals surface area contributed by atoms with Crippen molar-refractivity contribution in [2.75, 3.05) is 25.6 Å². The van der Waals surface area contributed by atoms with Gasteiger partial charge in [0.25, 0.3) is 0 Å². The summed E-state index contributed by atoms with van der Waals surface area (Å²) < 4.78 is 5.39. The molecule has 108 valence electrons. The number of anilines is 1. The average Bonchev–Trinajstić information content (AvgIpc) is 2.37. The fraction of sp³-hybridized carbons (Fsp3) is 0.600. The van der Waals surface area contributed by atoms with Gasteiger partial charge >= 0.3 is 0 Å². The lowest BCUT2D eigenvalue weighted by molar-refractivity contribution is 0.229. The van der Waals surface area contributed by atoms with Gasteiger partial charge in [0.15, 0.2) is 0 Å². The van der Waals surface area contributed by atoms with Crippen molar-refractivity contribution in [1.82, 2.24) is 0 Å². The molecule has 0 saturated heterocycles. The van der Waals surface area contributed by atoms with Crippen molar-refractivity contribution in [2.45, 2.75) is 38.6 Å². The molecule has 0 bridgehead atoms. The minimum Gasteiger partial charge on any atom is -0.496 e. The quantitative estimate of drug-likeness (QED) is 0.739. The van der Waals surface area contributed by atoms with E-state index in [4.69, 9.17) is 9.84 Å². The van der Waals surface area contributed by atoms with E-state index in [0.717, 1.165) is 17.0 Å². The lowest BCUT2D eigenvalue weighted by Crippen LogP contribution is -2.25. The van der Waals surface area contributed by atoms with Crippen LogP contribution in [0.15, 0.2) is 18.2 Å². The molecule has 0 fully saturated rings. The number of aliphatic hydroxyl groups is 2. The highest BCUT2D eigenvalue weighted by Gasteiger charge is 2.19. The first-order valence-electron chi connectivity index (χ1n) is 6.59. The van der Waals surface area contributed by atoms with Crippen LogP contribution in [0.4, 0.5) is 5.69 Å². The minimum absolute atomic E-state index is 0.00254. The van der Waals surface area contributed by atoms with Gasteiger partial charge in [-0.3, -0.25) is 0 Å². The number of ether oxygens (including phenoxy) is 1. The van der Waals surface area contributed by atoms with Gasteiger partial charge in [-0.1, -0.05) is 20.8 Å². The fourth-order valence-electron chi connectivity index (χ4n) is 1.98. The highest BCUT2D eigenvalue weighted by Crippen LogP contribution is 2.33. The third-order valence-corrected chi connectivity index (χ3v) is 3.08. The van der Waals surface area contributed by atoms with E-state index < -0.39 is 0 Å². The molecule has 1 unspecified atom stereocenters. The van der Waals surface area contributed by atoms with Crippen LogP contribution >= 0.6 is 0 Å². The van der Waals surface area contributed by atoms with Crippen LogP contribution in [0.1, 0.15) is 32.8 Å². The second-order valence-electron chi connectivity index (χ2n) is 5.70. The molecule has 0 aromatic heterocycles. The van der Waals surface area contributed by atoms with E-state index in [-0.39, 0.29) is 24.7 Å². The van der Waals surface area contributed by atoms with Crippen LogP contribution in [-0.2, 0) is 5.41 Å². The maximum Gasteiger partial charge on any atom is 0.122 e. The summed E-state index contributed by atoms with van der Waals surface area (Å²) in [6.45, 7) is 6.45. The second kappa shape index (κ2) is 6.78. The van der Waals surface area contributed by atoms with E-state index >= 15 is 0 Å². The lowest BCUT2D eigenvalue weighted by Gasteiger charge is -2.24. The highest BCUT2D eigenvalue weighted by atomic mass is 16.5. The van der Waals surface area contributed by atoms with E-state index in [2.05, 4.69) is 26.1 Å². The SMILES string of the molecule is COc1ccc(NC(CO)CCO)cc1C(C)(C)C. The molecule has 1 rings (SSSR count). The van der Waals surface area contributed by atoms with Gasteiger partial charge < -0.3 is 20.3 Å². The normalized spacial score (nSPS) is 13.2. The Balaban J connectivity index is 2.98. The molecule has 1 atom stereocenters. The molecule has 1 aromatic rings. The Morgan fingerprint density at radius 2 is 1.95 bits per heavy atom. The zero-order valence-corrected chi connectivity index (χ0v) is 12.2. The third-order valence-electron chi connectivity index (χ3n) is 3.08. The van der Waals surface area contributed by atoms with E-state index in [1.807, 2.05) is 18.2 Å². The summed E-state index contributed by atoms with van der Waals surface area (Å²) in [5.74, 6) is 0.862. The predicted octanol–water partition coefficient (Wildman–Crippen LogP) is 2.15. The second-order valence-corrected chi connectivity index (χ2v) is 5.70. The van der Waals surface area contributed by atoms with Crippen molar-refractivity contribution in [2.24, 2.45) is 0 Å². The molecule has 0 aliphatic rings. The number of aliphatic hydroxyl groups excluding tert-OH is 2. The van der Waals surface area contributed by atoms with E-state index in [1.165, 1.54) is 0 Å². The topological polar surface area (TPSA) is 61.7 Å². The molecular weight excluding hydrogens is 242 g/mol. The van der Waals surface area contributed by atoms with Crippen LogP contribution < -0.4 is 10.1 Å². The van der Waals surface area contributed by atoms with Crippen molar-refractivity contribution in [3.05, 3.63) is 23.8 Å². The van der Waals surface area contributed by atoms with E-state index in [0.29, 0.717) is 6.42 Å². The van der Waals surface area contributed by atoms with Crippen LogP contribution in [0.2, 0.25) is 0 Å². The molecular formula is C15H25NO3. The molecule has 0 spiro atoms. The van der Waals surface area contributed by atoms with Gasteiger partial charge in [0.05, 0.1) is 19.8 Å². The Morgan fingerprint density at radius 3 is 2.42 bits per heavy atom. The van der Waals surface area contributed by atoms with Crippen LogP contribution in [0.25, 0.3) is 0 Å². The van der Waals surface area contributed by atoms with Gasteiger partial charge in [-0.05, 0) is 30.0 Å². The highest BCUT2D eigenvalue weighted by molar-refractivity contribution is 5.53. The van der Waals surface area contributed by atoms with Gasteiger partial charge in [0, 0.05) is 17.9 Å². The average molecular weight is 267 g/mol. The first-order valence-corrected chi connectivity index (χ1v) is 6.59. The van der Waals surface area contributed by atoms with Crippen LogP contribution in [0.3, 0.4) is 0 Å². The van der Waals surface area contributed by atoms with E-state index in [1.54, 1.807) is 7.11 Å². The molecule has 4 heteroatoms. The van der Waals surface area contributed by atoms with Crippen LogP contribution in [0.5, 0.6) is 5.75 Å². The maximum atomic E-state index is 9.25. The predicted molar refractivity (Wildman–Crippen MR) is 77.9 cm³/mol. The van der Waals surface area contributed by atoms with Gasteiger partial charge in [-0.15, -0.1) is 0 Å². The minimum atomic E-state index is -0.133. The summed E-state index contributed by atoms with van der Waals surface area (Å²) >= 11 is 0. The Labute approximate surface area is 115 Å². The summed E-state index contributed by atoms with van der Waals surface area (Å²) in [5.41, 5.74) is 2.02. The molecule has 0 aliphatic carbocycles. The van der Waals surface area contributed by atoms with Gasteiger partial charge in [0.2, 0.25) is 0 Å². The zero-order valence-electron chi connectivity index (χ0n) is 12.2. The van der Waals surface area contributed by atoms with Crippen molar-refractivity contribution < 1.29 is 14.9 Å². The summed E-state index contributed by atoms with van der Waals surface area (Å²) in [7, 11) is 1.67. The first kappa shape index (κ1) is 15.8. The molecule has 3 N–H and O–H groups in total. The Hall–Kier alpha value is -1.26. The molecule has 4 nitrogen and oxygen atoms in total. The van der Waals surface area contributed by atoms with Crippen LogP contribution in [0, 0.1) is 0 Å². The lowest BCUT2D eigenvalue weighted by atomic mass is 9.86. The Morgan fingerprint density at radius 1 is 1.26 bits per heavy atom. The van der Waals surface area contributed by atoms with Gasteiger partial charge in [0.1, 0.15) is 5.75 Å². The molecule has 0 amide bonds. The summed E-state index contributed by atoms with van der Waals surface area (Å²) in [6.07, 6.45) is 0.521. The Bertz CT molecular complexity index is 399. The van der Waals surface area contributed by atoms with Crippen molar-refractivity contribution in [3.8, 4) is 5.75 Å². The summed E-state index contributed by atoms with van der Waals surface area (Å²) in [5, 5.41) is 21.4. The monoisotopic (exact) mass is 267 g/mol. The van der Waals surface area contributed by atoms with Gasteiger partial charge in [-0.25, -0.2) is 0 Å². The smallest absolute Gasteiger partial charge is 0.122 e. The summed E-state index contributed by atoms with van der Waals surface area (Å²) in [4.78, 5) is 0. The Kier molecular flexibility index (Phi) is 5.63. The number of hydrogen-bond donors (Lipinski definition) is 3. The van der Waals surface area contributed by atoms with Crippen molar-refractivity contribution in [1.29, 1.82) is 0 Å². The van der Waals surface area contributed by atoms with Crippen LogP contribution in [-0.4, -0.2) is 36.6 Å². The van der Waals surface area contributed by atoms with Gasteiger partial charge in [-0.2, -0.15) is 0 Å².